The number of amides is 2. The largest absolute Gasteiger partial charge is 0.462 e. The topological polar surface area (TPSA) is 153 Å². The van der Waals surface area contributed by atoms with E-state index in [0.717, 1.165) is 17.5 Å². The van der Waals surface area contributed by atoms with Crippen LogP contribution in [0.5, 0.6) is 5.75 Å². The van der Waals surface area contributed by atoms with Crippen LogP contribution in [0.2, 0.25) is 10.0 Å². The molecule has 4 rings (SSSR count). The third-order valence-corrected chi connectivity index (χ3v) is 9.28. The molecule has 2 heterocycles. The van der Waals surface area contributed by atoms with E-state index in [1.807, 2.05) is 0 Å². The number of nitrogens with zero attached hydrogens (tertiary/aromatic N) is 2. The van der Waals surface area contributed by atoms with Crippen molar-refractivity contribution in [1.82, 2.24) is 25.3 Å². The highest BCUT2D eigenvalue weighted by atomic mass is 35.5. The number of hydrogen-bond donors (Lipinski definition) is 4. The van der Waals surface area contributed by atoms with E-state index in [2.05, 4.69) is 26.1 Å². The van der Waals surface area contributed by atoms with Crippen molar-refractivity contribution >= 4 is 54.3 Å². The molecule has 0 aliphatic carbocycles. The molecule has 0 radical (unpaired) electrons. The Morgan fingerprint density at radius 1 is 0.978 bits per heavy atom. The lowest BCUT2D eigenvalue weighted by Crippen LogP contribution is -2.43. The molecule has 15 heteroatoms. The van der Waals surface area contributed by atoms with Gasteiger partial charge in [0.1, 0.15) is 11.8 Å². The Morgan fingerprint density at radius 2 is 1.62 bits per heavy atom. The molecular formula is C30H37Cl2N6O6P. The lowest BCUT2D eigenvalue weighted by Gasteiger charge is -2.27. The molecule has 1 saturated heterocycles. The summed E-state index contributed by atoms with van der Waals surface area (Å²) in [5.74, 6) is -2.14. The Kier molecular flexibility index (Phi) is 11.7. The summed E-state index contributed by atoms with van der Waals surface area (Å²) < 4.78 is 27.1. The van der Waals surface area contributed by atoms with Gasteiger partial charge in [0.15, 0.2) is 5.69 Å². The summed E-state index contributed by atoms with van der Waals surface area (Å²) in [6.45, 7) is 8.37. The molecule has 2 atom stereocenters. The lowest BCUT2D eigenvalue weighted by atomic mass is 10.1. The maximum atomic E-state index is 14.8. The van der Waals surface area contributed by atoms with Crippen LogP contribution in [0.1, 0.15) is 61.4 Å². The van der Waals surface area contributed by atoms with Crippen molar-refractivity contribution in [2.45, 2.75) is 58.7 Å². The van der Waals surface area contributed by atoms with Crippen LogP contribution in [0.3, 0.4) is 0 Å². The zero-order valence-electron chi connectivity index (χ0n) is 25.4. The molecular weight excluding hydrogens is 642 g/mol. The van der Waals surface area contributed by atoms with Crippen molar-refractivity contribution < 1.29 is 28.2 Å². The second kappa shape index (κ2) is 15.2. The molecule has 3 aromatic rings. The van der Waals surface area contributed by atoms with Crippen molar-refractivity contribution in [3.8, 4) is 5.75 Å². The number of rotatable bonds is 12. The fourth-order valence-corrected chi connectivity index (χ4v) is 7.04. The lowest BCUT2D eigenvalue weighted by molar-refractivity contribution is -0.150. The Morgan fingerprint density at radius 3 is 2.22 bits per heavy atom. The minimum atomic E-state index is -4.36. The van der Waals surface area contributed by atoms with Crippen LogP contribution in [0.25, 0.3) is 0 Å². The molecule has 1 aromatic heterocycles. The van der Waals surface area contributed by atoms with Gasteiger partial charge < -0.3 is 25.2 Å². The van der Waals surface area contributed by atoms with Crippen molar-refractivity contribution in [3.05, 3.63) is 76.0 Å². The summed E-state index contributed by atoms with van der Waals surface area (Å²) in [4.78, 5) is 40.1. The van der Waals surface area contributed by atoms with Crippen molar-refractivity contribution in [2.75, 3.05) is 18.4 Å². The molecule has 45 heavy (non-hydrogen) atoms. The highest BCUT2D eigenvalue weighted by molar-refractivity contribution is 7.55. The van der Waals surface area contributed by atoms with E-state index in [0.29, 0.717) is 12.8 Å². The minimum Gasteiger partial charge on any atom is -0.462 e. The third-order valence-electron chi connectivity index (χ3n) is 6.85. The number of ether oxygens (including phenoxy) is 1. The van der Waals surface area contributed by atoms with Gasteiger partial charge >= 0.3 is 13.6 Å². The van der Waals surface area contributed by atoms with E-state index in [1.165, 1.54) is 18.3 Å². The first-order valence-electron chi connectivity index (χ1n) is 14.6. The molecule has 2 amide bonds. The minimum absolute atomic E-state index is 0.0172. The van der Waals surface area contributed by atoms with Crippen LogP contribution in [0.4, 0.5) is 5.69 Å². The molecule has 1 aliphatic heterocycles. The standard InChI is InChI=1S/C30H37Cl2N6O6P/c1-18(2)26(30(41)43-19(3)4)37-45(42,44-21-9-6-5-7-10-21)38-17-24(35-28(39)25-22(31)11-8-12-23(25)32)27(36-38)29(40)34-20-13-15-33-16-14-20/h5-12,17-20,26,33H,13-16H2,1-4H3,(H,34,40)(H,35,39)(H,37,42)/t26-,45?/m0/s1. The van der Waals surface area contributed by atoms with Gasteiger partial charge in [-0.05, 0) is 70.0 Å². The van der Waals surface area contributed by atoms with Crippen LogP contribution in [-0.2, 0) is 14.1 Å². The number of halogens is 2. The summed E-state index contributed by atoms with van der Waals surface area (Å²) >= 11 is 12.5. The number of piperidine rings is 1. The number of aromatic nitrogens is 2. The first-order chi connectivity index (χ1) is 21.4. The average Bonchev–Trinajstić information content (AvgIpc) is 3.41. The smallest absolute Gasteiger partial charge is 0.440 e. The van der Waals surface area contributed by atoms with E-state index in [4.69, 9.17) is 32.5 Å². The molecule has 4 N–H and O–H groups in total. The Hall–Kier alpha value is -3.41. The van der Waals surface area contributed by atoms with Gasteiger partial charge in [-0.1, -0.05) is 61.3 Å². The predicted octanol–water partition coefficient (Wildman–Crippen LogP) is 5.53. The Balaban J connectivity index is 1.79. The summed E-state index contributed by atoms with van der Waals surface area (Å²) in [6, 6.07) is 11.7. The quantitative estimate of drug-likeness (QED) is 0.143. The highest BCUT2D eigenvalue weighted by Gasteiger charge is 2.39. The SMILES string of the molecule is CC(C)OC(=O)[C@@H](NP(=O)(Oc1ccccc1)n1cc(NC(=O)c2c(Cl)cccc2Cl)c(C(=O)NC2CCNCC2)n1)C(C)C. The van der Waals surface area contributed by atoms with E-state index in [9.17, 15) is 18.9 Å². The van der Waals surface area contributed by atoms with E-state index >= 15 is 0 Å². The predicted molar refractivity (Wildman–Crippen MR) is 173 cm³/mol. The van der Waals surface area contributed by atoms with Crippen LogP contribution in [-0.4, -0.2) is 58.6 Å². The molecule has 1 unspecified atom stereocenters. The number of esters is 1. The van der Waals surface area contributed by atoms with Crippen molar-refractivity contribution in [2.24, 2.45) is 5.92 Å². The van der Waals surface area contributed by atoms with E-state index in [-0.39, 0.29) is 44.7 Å². The van der Waals surface area contributed by atoms with Crippen molar-refractivity contribution in [1.29, 1.82) is 0 Å². The fourth-order valence-electron chi connectivity index (χ4n) is 4.58. The van der Waals surface area contributed by atoms with Gasteiger partial charge in [-0.25, -0.2) is 9.65 Å². The van der Waals surface area contributed by atoms with Gasteiger partial charge in [0.2, 0.25) is 0 Å². The van der Waals surface area contributed by atoms with Gasteiger partial charge in [-0.15, -0.1) is 0 Å². The second-order valence-electron chi connectivity index (χ2n) is 11.1. The van der Waals surface area contributed by atoms with Crippen LogP contribution >= 0.6 is 30.9 Å². The Labute approximate surface area is 272 Å². The molecule has 12 nitrogen and oxygen atoms in total. The molecule has 0 bridgehead atoms. The molecule has 2 aromatic carbocycles. The summed E-state index contributed by atoms with van der Waals surface area (Å²) in [6.07, 6.45) is 2.16. The maximum absolute atomic E-state index is 14.8. The second-order valence-corrected chi connectivity index (χ2v) is 13.8. The van der Waals surface area contributed by atoms with Gasteiger partial charge in [-0.3, -0.25) is 14.4 Å². The number of carbonyl (C=O) groups excluding carboxylic acids is 3. The molecule has 0 spiro atoms. The normalized spacial score (nSPS) is 15.7. The molecule has 242 valence electrons. The zero-order chi connectivity index (χ0) is 32.7. The number of carbonyl (C=O) groups is 3. The first kappa shape index (κ1) is 34.5. The monoisotopic (exact) mass is 678 g/mol. The zero-order valence-corrected chi connectivity index (χ0v) is 27.8. The maximum Gasteiger partial charge on any atom is 0.440 e. The first-order valence-corrected chi connectivity index (χ1v) is 16.9. The number of hydrogen-bond acceptors (Lipinski definition) is 8. The summed E-state index contributed by atoms with van der Waals surface area (Å²) in [5, 5.41) is 16.2. The number of nitrogens with one attached hydrogen (secondary N) is 4. The summed E-state index contributed by atoms with van der Waals surface area (Å²) in [5.41, 5.74) is -0.321. The average molecular weight is 680 g/mol. The van der Waals surface area contributed by atoms with Crippen LogP contribution < -0.4 is 25.6 Å². The number of anilines is 1. The fraction of sp³-hybridized carbons (Fsp3) is 0.400. The van der Waals surface area contributed by atoms with Gasteiger partial charge in [0, 0.05) is 6.04 Å². The molecule has 1 fully saturated rings. The summed E-state index contributed by atoms with van der Waals surface area (Å²) in [7, 11) is -4.36. The molecule has 0 saturated carbocycles. The van der Waals surface area contributed by atoms with Gasteiger partial charge in [0.25, 0.3) is 11.8 Å². The van der Waals surface area contributed by atoms with Gasteiger partial charge in [-0.2, -0.15) is 9.55 Å². The Bertz CT molecular complexity index is 1540. The van der Waals surface area contributed by atoms with E-state index in [1.54, 1.807) is 64.1 Å². The highest BCUT2D eigenvalue weighted by Crippen LogP contribution is 2.46. The van der Waals surface area contributed by atoms with Crippen molar-refractivity contribution in [3.63, 3.8) is 0 Å². The van der Waals surface area contributed by atoms with Gasteiger partial charge in [0.05, 0.1) is 33.6 Å². The third kappa shape index (κ3) is 8.86. The van der Waals surface area contributed by atoms with Crippen LogP contribution in [0.15, 0.2) is 54.7 Å². The number of para-hydroxylation sites is 1. The van der Waals surface area contributed by atoms with Crippen LogP contribution in [0, 0.1) is 5.92 Å². The number of benzene rings is 2. The molecule has 1 aliphatic rings. The van der Waals surface area contributed by atoms with E-state index < -0.39 is 37.6 Å².